The van der Waals surface area contributed by atoms with Gasteiger partial charge in [0, 0.05) is 12.7 Å². The van der Waals surface area contributed by atoms with Crippen LogP contribution in [0.1, 0.15) is 19.8 Å². The number of nitrogens with one attached hydrogen (secondary N) is 1. The second kappa shape index (κ2) is 6.85. The van der Waals surface area contributed by atoms with Gasteiger partial charge in [0.05, 0.1) is 5.69 Å². The smallest absolute Gasteiger partial charge is 0.250 e. The molecule has 1 aromatic rings. The molecule has 0 heterocycles. The lowest BCUT2D eigenvalue weighted by Gasteiger charge is -2.07. The van der Waals surface area contributed by atoms with Gasteiger partial charge < -0.3 is 15.2 Å². The third-order valence-corrected chi connectivity index (χ3v) is 2.11. The van der Waals surface area contributed by atoms with E-state index in [9.17, 15) is 14.3 Å². The number of aromatic hydroxyl groups is 1. The molecule has 0 bridgehead atoms. The third-order valence-electron chi connectivity index (χ3n) is 2.11. The highest BCUT2D eigenvalue weighted by molar-refractivity contribution is 5.93. The van der Waals surface area contributed by atoms with Crippen molar-refractivity contribution in [2.24, 2.45) is 0 Å². The lowest BCUT2D eigenvalue weighted by molar-refractivity contribution is -0.120. The van der Waals surface area contributed by atoms with Crippen LogP contribution in [0.3, 0.4) is 0 Å². The number of phenolic OH excluding ortho intramolecular Hbond substituents is 1. The van der Waals surface area contributed by atoms with Crippen LogP contribution in [-0.2, 0) is 9.53 Å². The monoisotopic (exact) mass is 241 g/mol. The summed E-state index contributed by atoms with van der Waals surface area (Å²) in [5.41, 5.74) is 0.0501. The van der Waals surface area contributed by atoms with E-state index in [2.05, 4.69) is 5.32 Å². The van der Waals surface area contributed by atoms with Crippen LogP contribution < -0.4 is 5.32 Å². The van der Waals surface area contributed by atoms with Gasteiger partial charge in [0.25, 0.3) is 0 Å². The molecule has 1 amide bonds. The molecule has 0 unspecified atom stereocenters. The standard InChI is InChI=1S/C12H16FNO3/c1-2-3-6-17-8-12(16)14-10-7-9(13)4-5-11(10)15/h4-5,7,15H,2-3,6,8H2,1H3,(H,14,16). The minimum Gasteiger partial charge on any atom is -0.506 e. The number of unbranched alkanes of at least 4 members (excludes halogenated alkanes) is 1. The number of carbonyl (C=O) groups is 1. The predicted molar refractivity (Wildman–Crippen MR) is 62.4 cm³/mol. The van der Waals surface area contributed by atoms with Gasteiger partial charge in [0.15, 0.2) is 0 Å². The molecule has 1 aromatic carbocycles. The lowest BCUT2D eigenvalue weighted by atomic mass is 10.3. The van der Waals surface area contributed by atoms with Crippen molar-refractivity contribution in [3.63, 3.8) is 0 Å². The van der Waals surface area contributed by atoms with Gasteiger partial charge in [-0.05, 0) is 18.6 Å². The first kappa shape index (κ1) is 13.4. The molecule has 2 N–H and O–H groups in total. The van der Waals surface area contributed by atoms with E-state index in [1.54, 1.807) is 0 Å². The lowest BCUT2D eigenvalue weighted by Crippen LogP contribution is -2.18. The molecule has 0 aliphatic rings. The number of benzene rings is 1. The highest BCUT2D eigenvalue weighted by atomic mass is 19.1. The van der Waals surface area contributed by atoms with E-state index < -0.39 is 11.7 Å². The number of hydrogen-bond donors (Lipinski definition) is 2. The summed E-state index contributed by atoms with van der Waals surface area (Å²) in [6.07, 6.45) is 1.88. The van der Waals surface area contributed by atoms with Gasteiger partial charge in [-0.1, -0.05) is 13.3 Å². The molecule has 0 radical (unpaired) electrons. The Balaban J connectivity index is 2.42. The molecular formula is C12H16FNO3. The number of amides is 1. The molecule has 17 heavy (non-hydrogen) atoms. The van der Waals surface area contributed by atoms with Crippen molar-refractivity contribution in [2.75, 3.05) is 18.5 Å². The van der Waals surface area contributed by atoms with Crippen LogP contribution in [-0.4, -0.2) is 24.2 Å². The summed E-state index contributed by atoms with van der Waals surface area (Å²) < 4.78 is 17.9. The summed E-state index contributed by atoms with van der Waals surface area (Å²) in [5, 5.41) is 11.7. The molecule has 0 aromatic heterocycles. The highest BCUT2D eigenvalue weighted by Gasteiger charge is 2.07. The van der Waals surface area contributed by atoms with E-state index in [0.717, 1.165) is 25.0 Å². The molecule has 4 nitrogen and oxygen atoms in total. The first-order chi connectivity index (χ1) is 8.13. The van der Waals surface area contributed by atoms with E-state index in [0.29, 0.717) is 6.61 Å². The fourth-order valence-corrected chi connectivity index (χ4v) is 1.21. The summed E-state index contributed by atoms with van der Waals surface area (Å²) in [5.74, 6) is -1.11. The van der Waals surface area contributed by atoms with Gasteiger partial charge in [-0.25, -0.2) is 4.39 Å². The zero-order valence-corrected chi connectivity index (χ0v) is 9.70. The van der Waals surface area contributed by atoms with E-state index in [4.69, 9.17) is 4.74 Å². The van der Waals surface area contributed by atoms with Crippen molar-refractivity contribution in [2.45, 2.75) is 19.8 Å². The zero-order valence-electron chi connectivity index (χ0n) is 9.70. The number of rotatable bonds is 6. The van der Waals surface area contributed by atoms with Gasteiger partial charge in [0.1, 0.15) is 18.2 Å². The van der Waals surface area contributed by atoms with Crippen LogP contribution in [0.4, 0.5) is 10.1 Å². The Morgan fingerprint density at radius 3 is 3.00 bits per heavy atom. The third kappa shape index (κ3) is 4.82. The first-order valence-electron chi connectivity index (χ1n) is 5.49. The zero-order chi connectivity index (χ0) is 12.7. The Morgan fingerprint density at radius 1 is 1.53 bits per heavy atom. The second-order valence-corrected chi connectivity index (χ2v) is 3.62. The fraction of sp³-hybridized carbons (Fsp3) is 0.417. The topological polar surface area (TPSA) is 58.6 Å². The van der Waals surface area contributed by atoms with Crippen LogP contribution in [0.25, 0.3) is 0 Å². The molecular weight excluding hydrogens is 225 g/mol. The van der Waals surface area contributed by atoms with E-state index >= 15 is 0 Å². The Morgan fingerprint density at radius 2 is 2.29 bits per heavy atom. The molecule has 5 heteroatoms. The van der Waals surface area contributed by atoms with Crippen LogP contribution >= 0.6 is 0 Å². The molecule has 94 valence electrons. The summed E-state index contributed by atoms with van der Waals surface area (Å²) in [7, 11) is 0. The minimum absolute atomic E-state index is 0.0501. The highest BCUT2D eigenvalue weighted by Crippen LogP contribution is 2.23. The van der Waals surface area contributed by atoms with E-state index in [1.807, 2.05) is 6.92 Å². The van der Waals surface area contributed by atoms with Crippen LogP contribution in [0.5, 0.6) is 5.75 Å². The Labute approximate surface area is 99.4 Å². The van der Waals surface area contributed by atoms with Gasteiger partial charge in [-0.15, -0.1) is 0 Å². The summed E-state index contributed by atoms with van der Waals surface area (Å²) in [6, 6.07) is 3.35. The number of carbonyl (C=O) groups excluding carboxylic acids is 1. The normalized spacial score (nSPS) is 10.2. The number of ether oxygens (including phenoxy) is 1. The second-order valence-electron chi connectivity index (χ2n) is 3.62. The maximum absolute atomic E-state index is 12.9. The molecule has 0 aliphatic carbocycles. The number of hydrogen-bond acceptors (Lipinski definition) is 3. The quantitative estimate of drug-likeness (QED) is 0.593. The number of halogens is 1. The van der Waals surface area contributed by atoms with Gasteiger partial charge in [0.2, 0.25) is 5.91 Å². The number of anilines is 1. The van der Waals surface area contributed by atoms with E-state index in [1.165, 1.54) is 6.07 Å². The van der Waals surface area contributed by atoms with Gasteiger partial charge in [-0.2, -0.15) is 0 Å². The maximum Gasteiger partial charge on any atom is 0.250 e. The molecule has 1 rings (SSSR count). The van der Waals surface area contributed by atoms with E-state index in [-0.39, 0.29) is 18.0 Å². The Hall–Kier alpha value is -1.62. The van der Waals surface area contributed by atoms with Crippen molar-refractivity contribution >= 4 is 11.6 Å². The summed E-state index contributed by atoms with van der Waals surface area (Å²) in [6.45, 7) is 2.43. The number of phenols is 1. The predicted octanol–water partition coefficient (Wildman–Crippen LogP) is 2.29. The van der Waals surface area contributed by atoms with Crippen LogP contribution in [0.15, 0.2) is 18.2 Å². The largest absolute Gasteiger partial charge is 0.506 e. The summed E-state index contributed by atoms with van der Waals surface area (Å²) >= 11 is 0. The van der Waals surface area contributed by atoms with Crippen LogP contribution in [0, 0.1) is 5.82 Å². The SMILES string of the molecule is CCCCOCC(=O)Nc1cc(F)ccc1O. The first-order valence-corrected chi connectivity index (χ1v) is 5.49. The molecule has 0 atom stereocenters. The molecule has 0 saturated heterocycles. The van der Waals surface area contributed by atoms with Crippen molar-refractivity contribution in [3.8, 4) is 5.75 Å². The minimum atomic E-state index is -0.523. The van der Waals surface area contributed by atoms with Crippen LogP contribution in [0.2, 0.25) is 0 Å². The van der Waals surface area contributed by atoms with Crippen molar-refractivity contribution in [3.05, 3.63) is 24.0 Å². The maximum atomic E-state index is 12.9. The van der Waals surface area contributed by atoms with Gasteiger partial charge in [-0.3, -0.25) is 4.79 Å². The average Bonchev–Trinajstić information content (AvgIpc) is 2.29. The Bertz CT molecular complexity index is 382. The Kier molecular flexibility index (Phi) is 5.42. The van der Waals surface area contributed by atoms with Crippen molar-refractivity contribution < 1.29 is 19.0 Å². The average molecular weight is 241 g/mol. The molecule has 0 spiro atoms. The molecule has 0 saturated carbocycles. The fourth-order valence-electron chi connectivity index (χ4n) is 1.21. The van der Waals surface area contributed by atoms with Crippen molar-refractivity contribution in [1.82, 2.24) is 0 Å². The van der Waals surface area contributed by atoms with Gasteiger partial charge >= 0.3 is 0 Å². The van der Waals surface area contributed by atoms with Crippen molar-refractivity contribution in [1.29, 1.82) is 0 Å². The summed E-state index contributed by atoms with van der Waals surface area (Å²) in [4.78, 5) is 11.4. The molecule has 0 aliphatic heterocycles. The molecule has 0 fully saturated rings.